The molecule has 6 heteroatoms. The largest absolute Gasteiger partial charge is 0.448 e. The first kappa shape index (κ1) is 13.3. The molecule has 0 spiro atoms. The van der Waals surface area contributed by atoms with Crippen molar-refractivity contribution < 1.29 is 9.21 Å². The number of hydrazone groups is 1. The Kier molecular flexibility index (Phi) is 4.54. The summed E-state index contributed by atoms with van der Waals surface area (Å²) in [6.45, 7) is 0. The highest BCUT2D eigenvalue weighted by molar-refractivity contribution is 14.1. The number of hydrogen-bond acceptors (Lipinski definition) is 3. The summed E-state index contributed by atoms with van der Waals surface area (Å²) in [5.74, 6) is 0.304. The lowest BCUT2D eigenvalue weighted by atomic mass is 10.2. The van der Waals surface area contributed by atoms with Gasteiger partial charge in [-0.25, -0.2) is 5.43 Å². The van der Waals surface area contributed by atoms with Crippen molar-refractivity contribution in [2.45, 2.75) is 0 Å². The maximum atomic E-state index is 11.7. The summed E-state index contributed by atoms with van der Waals surface area (Å²) in [7, 11) is 0. The van der Waals surface area contributed by atoms with E-state index in [1.807, 2.05) is 12.1 Å². The van der Waals surface area contributed by atoms with Gasteiger partial charge in [0.05, 0.1) is 6.21 Å². The fourth-order valence-electron chi connectivity index (χ4n) is 1.22. The molecule has 1 amide bonds. The summed E-state index contributed by atoms with van der Waals surface area (Å²) in [6, 6.07) is 10.7. The van der Waals surface area contributed by atoms with Crippen molar-refractivity contribution in [1.29, 1.82) is 0 Å². The third-order valence-electron chi connectivity index (χ3n) is 2.06. The second-order valence-corrected chi connectivity index (χ2v) is 5.38. The van der Waals surface area contributed by atoms with Gasteiger partial charge in [-0.2, -0.15) is 5.10 Å². The van der Waals surface area contributed by atoms with Crippen molar-refractivity contribution in [3.63, 3.8) is 0 Å². The molecule has 0 fully saturated rings. The molecule has 1 aromatic heterocycles. The first-order valence-electron chi connectivity index (χ1n) is 4.99. The second kappa shape index (κ2) is 6.14. The lowest BCUT2D eigenvalue weighted by Crippen LogP contribution is -2.17. The smallest absolute Gasteiger partial charge is 0.271 e. The van der Waals surface area contributed by atoms with Gasteiger partial charge >= 0.3 is 0 Å². The lowest BCUT2D eigenvalue weighted by Gasteiger charge is -1.99. The molecule has 1 heterocycles. The summed E-state index contributed by atoms with van der Waals surface area (Å²) < 4.78 is 6.90. The molecule has 2 rings (SSSR count). The van der Waals surface area contributed by atoms with Crippen LogP contribution in [-0.4, -0.2) is 12.1 Å². The number of carbonyl (C=O) groups excluding carboxylic acids is 1. The molecule has 4 nitrogen and oxygen atoms in total. The Morgan fingerprint density at radius 2 is 2.00 bits per heavy atom. The Hall–Kier alpha value is -1.15. The van der Waals surface area contributed by atoms with E-state index in [1.54, 1.807) is 24.3 Å². The predicted molar refractivity (Wildman–Crippen MR) is 80.6 cm³/mol. The molecule has 0 saturated heterocycles. The Morgan fingerprint density at radius 1 is 1.28 bits per heavy atom. The van der Waals surface area contributed by atoms with Gasteiger partial charge in [0.1, 0.15) is 5.76 Å². The molecule has 0 saturated carbocycles. The molecule has 1 N–H and O–H groups in total. The van der Waals surface area contributed by atoms with E-state index in [4.69, 9.17) is 4.42 Å². The Morgan fingerprint density at radius 3 is 2.61 bits per heavy atom. The number of carbonyl (C=O) groups is 1. The maximum Gasteiger partial charge on any atom is 0.271 e. The molecule has 0 aliphatic rings. The Labute approximate surface area is 126 Å². The molecule has 0 unspecified atom stereocenters. The molecule has 0 bridgehead atoms. The minimum absolute atomic E-state index is 0.256. The van der Waals surface area contributed by atoms with E-state index in [2.05, 4.69) is 49.0 Å². The molecule has 1 aromatic carbocycles. The van der Waals surface area contributed by atoms with Crippen molar-refractivity contribution in [3.05, 3.63) is 56.0 Å². The number of hydrogen-bond donors (Lipinski definition) is 1. The van der Waals surface area contributed by atoms with Gasteiger partial charge in [0.25, 0.3) is 5.91 Å². The number of amides is 1. The fourth-order valence-corrected chi connectivity index (χ4v) is 1.90. The maximum absolute atomic E-state index is 11.7. The third kappa shape index (κ3) is 3.67. The van der Waals surface area contributed by atoms with E-state index in [0.29, 0.717) is 16.0 Å². The van der Waals surface area contributed by atoms with Crippen LogP contribution in [0.4, 0.5) is 0 Å². The first-order chi connectivity index (χ1) is 8.65. The van der Waals surface area contributed by atoms with Gasteiger partial charge in [-0.05, 0) is 74.9 Å². The topological polar surface area (TPSA) is 54.6 Å². The molecule has 0 radical (unpaired) electrons. The summed E-state index contributed by atoms with van der Waals surface area (Å²) in [5.41, 5.74) is 2.99. The van der Waals surface area contributed by atoms with Crippen LogP contribution in [0.2, 0.25) is 0 Å². The molecule has 92 valence electrons. The highest BCUT2D eigenvalue weighted by atomic mass is 127. The van der Waals surface area contributed by atoms with Crippen molar-refractivity contribution in [2.75, 3.05) is 0 Å². The Balaban J connectivity index is 1.96. The van der Waals surface area contributed by atoms with Gasteiger partial charge in [-0.15, -0.1) is 0 Å². The highest BCUT2D eigenvalue weighted by Crippen LogP contribution is 2.12. The van der Waals surface area contributed by atoms with Gasteiger partial charge in [-0.3, -0.25) is 4.79 Å². The van der Waals surface area contributed by atoms with E-state index in [9.17, 15) is 4.79 Å². The molecule has 0 atom stereocenters. The monoisotopic (exact) mass is 418 g/mol. The standard InChI is InChI=1S/C12H8BrIN2O2/c13-11-6-5-10(18-11)7-15-16-12(17)8-1-3-9(14)4-2-8/h1-7H,(H,16,17)/b15-7-. The molecular formula is C12H8BrIN2O2. The van der Waals surface area contributed by atoms with E-state index in [0.717, 1.165) is 3.57 Å². The van der Waals surface area contributed by atoms with Crippen LogP contribution in [0.15, 0.2) is 50.6 Å². The normalized spacial score (nSPS) is 10.8. The van der Waals surface area contributed by atoms with Crippen molar-refractivity contribution in [3.8, 4) is 0 Å². The van der Waals surface area contributed by atoms with E-state index >= 15 is 0 Å². The highest BCUT2D eigenvalue weighted by Gasteiger charge is 2.03. The van der Waals surface area contributed by atoms with Gasteiger partial charge in [0.2, 0.25) is 0 Å². The zero-order valence-electron chi connectivity index (χ0n) is 9.06. The van der Waals surface area contributed by atoms with Crippen molar-refractivity contribution >= 4 is 50.6 Å². The van der Waals surface area contributed by atoms with Crippen LogP contribution in [0.3, 0.4) is 0 Å². The first-order valence-corrected chi connectivity index (χ1v) is 6.86. The van der Waals surface area contributed by atoms with Gasteiger partial charge in [0.15, 0.2) is 4.67 Å². The number of halogens is 2. The number of rotatable bonds is 3. The summed E-state index contributed by atoms with van der Waals surface area (Å²) in [6.07, 6.45) is 1.44. The van der Waals surface area contributed by atoms with Crippen LogP contribution < -0.4 is 5.43 Å². The van der Waals surface area contributed by atoms with Crippen LogP contribution in [-0.2, 0) is 0 Å². The Bertz CT molecular complexity index is 578. The molecule has 18 heavy (non-hydrogen) atoms. The number of nitrogens with one attached hydrogen (secondary N) is 1. The van der Waals surface area contributed by atoms with Crippen LogP contribution in [0.25, 0.3) is 0 Å². The predicted octanol–water partition coefficient (Wildman–Crippen LogP) is 3.41. The molecular weight excluding hydrogens is 411 g/mol. The SMILES string of the molecule is O=C(N/N=C\c1ccc(Br)o1)c1ccc(I)cc1. The zero-order chi connectivity index (χ0) is 13.0. The average Bonchev–Trinajstić information content (AvgIpc) is 2.76. The summed E-state index contributed by atoms with van der Waals surface area (Å²) in [4.78, 5) is 11.7. The van der Waals surface area contributed by atoms with Crippen LogP contribution >= 0.6 is 38.5 Å². The lowest BCUT2D eigenvalue weighted by molar-refractivity contribution is 0.0955. The van der Waals surface area contributed by atoms with Crippen molar-refractivity contribution in [2.24, 2.45) is 5.10 Å². The van der Waals surface area contributed by atoms with Crippen molar-refractivity contribution in [1.82, 2.24) is 5.43 Å². The quantitative estimate of drug-likeness (QED) is 0.471. The minimum atomic E-state index is -0.256. The van der Waals surface area contributed by atoms with Gasteiger partial charge in [-0.1, -0.05) is 0 Å². The number of nitrogens with zero attached hydrogens (tertiary/aromatic N) is 1. The van der Waals surface area contributed by atoms with Gasteiger partial charge in [0, 0.05) is 9.13 Å². The summed E-state index contributed by atoms with van der Waals surface area (Å²) >= 11 is 5.36. The number of benzene rings is 1. The molecule has 0 aliphatic heterocycles. The second-order valence-electron chi connectivity index (χ2n) is 3.35. The van der Waals surface area contributed by atoms with Crippen LogP contribution in [0.1, 0.15) is 16.1 Å². The average molecular weight is 419 g/mol. The zero-order valence-corrected chi connectivity index (χ0v) is 12.8. The molecule has 0 aliphatic carbocycles. The third-order valence-corrected chi connectivity index (χ3v) is 3.20. The van der Waals surface area contributed by atoms with E-state index in [1.165, 1.54) is 6.21 Å². The van der Waals surface area contributed by atoms with E-state index in [-0.39, 0.29) is 5.91 Å². The van der Waals surface area contributed by atoms with Gasteiger partial charge < -0.3 is 4.42 Å². The minimum Gasteiger partial charge on any atom is -0.448 e. The fraction of sp³-hybridized carbons (Fsp3) is 0. The van der Waals surface area contributed by atoms with Crippen LogP contribution in [0.5, 0.6) is 0 Å². The van der Waals surface area contributed by atoms with Crippen LogP contribution in [0, 0.1) is 3.57 Å². The van der Waals surface area contributed by atoms with E-state index < -0.39 is 0 Å². The molecule has 2 aromatic rings. The summed E-state index contributed by atoms with van der Waals surface area (Å²) in [5, 5.41) is 3.81. The number of furan rings is 1.